The molecule has 0 aromatic heterocycles. The van der Waals surface area contributed by atoms with Crippen LogP contribution in [0, 0.1) is 0 Å². The third kappa shape index (κ3) is 6.44. The monoisotopic (exact) mass is 261 g/mol. The van der Waals surface area contributed by atoms with Crippen LogP contribution >= 0.6 is 0 Å². The second-order valence-electron chi connectivity index (χ2n) is 4.94. The van der Waals surface area contributed by atoms with Crippen LogP contribution in [0.1, 0.15) is 38.7 Å². The highest BCUT2D eigenvalue weighted by Gasteiger charge is 2.06. The lowest BCUT2D eigenvalue weighted by Gasteiger charge is -2.17. The predicted molar refractivity (Wildman–Crippen MR) is 82.8 cm³/mol. The molecule has 1 N–H and O–H groups in total. The Kier molecular flexibility index (Phi) is 7.99. The van der Waals surface area contributed by atoms with Crippen molar-refractivity contribution in [1.29, 1.82) is 0 Å². The second kappa shape index (κ2) is 9.62. The number of benzene rings is 1. The molecule has 1 aromatic carbocycles. The van der Waals surface area contributed by atoms with E-state index >= 15 is 0 Å². The lowest BCUT2D eigenvalue weighted by atomic mass is 10.1. The molecule has 0 saturated heterocycles. The summed E-state index contributed by atoms with van der Waals surface area (Å²) < 4.78 is 5.99. The van der Waals surface area contributed by atoms with Crippen LogP contribution in [0.5, 0.6) is 5.75 Å². The molecule has 0 spiro atoms. The van der Waals surface area contributed by atoms with E-state index in [1.807, 2.05) is 24.3 Å². The minimum absolute atomic E-state index is 0.188. The van der Waals surface area contributed by atoms with E-state index in [2.05, 4.69) is 31.8 Å². The minimum atomic E-state index is 0.188. The van der Waals surface area contributed by atoms with Gasteiger partial charge >= 0.3 is 0 Å². The zero-order chi connectivity index (χ0) is 13.9. The van der Waals surface area contributed by atoms with Gasteiger partial charge in [0.05, 0.1) is 0 Å². The number of para-hydroxylation sites is 1. The van der Waals surface area contributed by atoms with Crippen molar-refractivity contribution in [1.82, 2.24) is 5.32 Å². The molecule has 0 saturated carbocycles. The summed E-state index contributed by atoms with van der Waals surface area (Å²) in [4.78, 5) is 0. The number of hydrogen-bond acceptors (Lipinski definition) is 2. The lowest BCUT2D eigenvalue weighted by molar-refractivity contribution is 0.215. The van der Waals surface area contributed by atoms with Crippen LogP contribution in [-0.4, -0.2) is 19.2 Å². The molecule has 0 aliphatic rings. The fraction of sp³-hybridized carbons (Fsp3) is 0.529. The third-order valence-corrected chi connectivity index (χ3v) is 3.05. The smallest absolute Gasteiger partial charge is 0.123 e. The average Bonchev–Trinajstić information content (AvgIpc) is 2.41. The standard InChI is InChI=1S/C17H27NO/c1-4-6-9-13-18-14-15(3)19-17-12-8-7-11-16(17)10-5-2/h5,7-8,11-12,15,18H,2,4,6,9-10,13-14H2,1,3H3. The molecule has 0 fully saturated rings. The number of rotatable bonds is 10. The molecule has 1 unspecified atom stereocenters. The maximum absolute atomic E-state index is 5.99. The summed E-state index contributed by atoms with van der Waals surface area (Å²) in [5.74, 6) is 0.977. The Balaban J connectivity index is 2.35. The van der Waals surface area contributed by atoms with E-state index in [1.165, 1.54) is 24.8 Å². The number of allylic oxidation sites excluding steroid dienone is 1. The van der Waals surface area contributed by atoms with E-state index in [9.17, 15) is 0 Å². The van der Waals surface area contributed by atoms with Gasteiger partial charge in [-0.2, -0.15) is 0 Å². The molecule has 2 nitrogen and oxygen atoms in total. The van der Waals surface area contributed by atoms with E-state index in [0.29, 0.717) is 0 Å². The topological polar surface area (TPSA) is 21.3 Å². The second-order valence-corrected chi connectivity index (χ2v) is 4.94. The molecule has 1 atom stereocenters. The van der Waals surface area contributed by atoms with Crippen LogP contribution in [0.4, 0.5) is 0 Å². The molecule has 0 heterocycles. The van der Waals surface area contributed by atoms with Crippen LogP contribution in [0.3, 0.4) is 0 Å². The highest BCUT2D eigenvalue weighted by molar-refractivity contribution is 5.34. The first kappa shape index (κ1) is 15.8. The van der Waals surface area contributed by atoms with Gasteiger partial charge in [0.15, 0.2) is 0 Å². The van der Waals surface area contributed by atoms with Crippen molar-refractivity contribution >= 4 is 0 Å². The van der Waals surface area contributed by atoms with Crippen molar-refractivity contribution in [3.63, 3.8) is 0 Å². The van der Waals surface area contributed by atoms with Crippen LogP contribution < -0.4 is 10.1 Å². The van der Waals surface area contributed by atoms with Gasteiger partial charge in [0.1, 0.15) is 11.9 Å². The highest BCUT2D eigenvalue weighted by Crippen LogP contribution is 2.19. The van der Waals surface area contributed by atoms with Gasteiger partial charge in [-0.1, -0.05) is 44.0 Å². The van der Waals surface area contributed by atoms with Crippen LogP contribution in [0.15, 0.2) is 36.9 Å². The number of hydrogen-bond donors (Lipinski definition) is 1. The predicted octanol–water partition coefficient (Wildman–Crippen LogP) is 3.96. The summed E-state index contributed by atoms with van der Waals surface area (Å²) in [6.07, 6.45) is 6.76. The molecular weight excluding hydrogens is 234 g/mol. The third-order valence-electron chi connectivity index (χ3n) is 3.05. The molecule has 0 amide bonds. The molecule has 2 heteroatoms. The van der Waals surface area contributed by atoms with Crippen molar-refractivity contribution in [2.24, 2.45) is 0 Å². The Hall–Kier alpha value is -1.28. The Morgan fingerprint density at radius 2 is 2.11 bits per heavy atom. The molecule has 0 radical (unpaired) electrons. The molecule has 1 rings (SSSR count). The summed E-state index contributed by atoms with van der Waals surface area (Å²) in [6.45, 7) is 10.1. The summed E-state index contributed by atoms with van der Waals surface area (Å²) in [6, 6.07) is 8.19. The van der Waals surface area contributed by atoms with Gasteiger partial charge in [-0.05, 0) is 37.9 Å². The first-order valence-electron chi connectivity index (χ1n) is 7.34. The summed E-state index contributed by atoms with van der Waals surface area (Å²) in [7, 11) is 0. The molecule has 1 aromatic rings. The zero-order valence-electron chi connectivity index (χ0n) is 12.3. The highest BCUT2D eigenvalue weighted by atomic mass is 16.5. The molecular formula is C17H27NO. The van der Waals surface area contributed by atoms with Crippen molar-refractivity contribution in [3.05, 3.63) is 42.5 Å². The van der Waals surface area contributed by atoms with E-state index in [0.717, 1.165) is 25.3 Å². The quantitative estimate of drug-likeness (QED) is 0.508. The Bertz CT molecular complexity index is 362. The first-order valence-corrected chi connectivity index (χ1v) is 7.34. The number of unbranched alkanes of at least 4 members (excludes halogenated alkanes) is 2. The van der Waals surface area contributed by atoms with Crippen molar-refractivity contribution in [3.8, 4) is 5.75 Å². The summed E-state index contributed by atoms with van der Waals surface area (Å²) in [5, 5.41) is 3.45. The van der Waals surface area contributed by atoms with E-state index < -0.39 is 0 Å². The lowest BCUT2D eigenvalue weighted by Crippen LogP contribution is -2.29. The van der Waals surface area contributed by atoms with Crippen LogP contribution in [0.25, 0.3) is 0 Å². The van der Waals surface area contributed by atoms with Crippen LogP contribution in [-0.2, 0) is 6.42 Å². The van der Waals surface area contributed by atoms with Gasteiger partial charge in [-0.3, -0.25) is 0 Å². The average molecular weight is 261 g/mol. The van der Waals surface area contributed by atoms with E-state index in [4.69, 9.17) is 4.74 Å². The Morgan fingerprint density at radius 1 is 1.32 bits per heavy atom. The van der Waals surface area contributed by atoms with Gasteiger partial charge in [0.25, 0.3) is 0 Å². The maximum Gasteiger partial charge on any atom is 0.123 e. The van der Waals surface area contributed by atoms with E-state index in [-0.39, 0.29) is 6.10 Å². The van der Waals surface area contributed by atoms with Gasteiger partial charge < -0.3 is 10.1 Å². The summed E-state index contributed by atoms with van der Waals surface area (Å²) >= 11 is 0. The number of ether oxygens (including phenoxy) is 1. The molecule has 0 aliphatic heterocycles. The van der Waals surface area contributed by atoms with Gasteiger partial charge in [0, 0.05) is 6.54 Å². The Labute approximate surface area is 117 Å². The fourth-order valence-electron chi connectivity index (χ4n) is 2.01. The Morgan fingerprint density at radius 3 is 2.84 bits per heavy atom. The SMILES string of the molecule is C=CCc1ccccc1OC(C)CNCCCCC. The van der Waals surface area contributed by atoms with E-state index in [1.54, 1.807) is 0 Å². The van der Waals surface area contributed by atoms with Gasteiger partial charge in [-0.15, -0.1) is 6.58 Å². The van der Waals surface area contributed by atoms with Crippen molar-refractivity contribution < 1.29 is 4.74 Å². The van der Waals surface area contributed by atoms with Gasteiger partial charge in [-0.25, -0.2) is 0 Å². The molecule has 0 aliphatic carbocycles. The van der Waals surface area contributed by atoms with Crippen molar-refractivity contribution in [2.75, 3.05) is 13.1 Å². The zero-order valence-corrected chi connectivity index (χ0v) is 12.3. The number of nitrogens with one attached hydrogen (secondary N) is 1. The molecule has 0 bridgehead atoms. The summed E-state index contributed by atoms with van der Waals surface area (Å²) in [5.41, 5.74) is 1.20. The fourth-order valence-corrected chi connectivity index (χ4v) is 2.01. The minimum Gasteiger partial charge on any atom is -0.489 e. The van der Waals surface area contributed by atoms with Crippen LogP contribution in [0.2, 0.25) is 0 Å². The molecule has 106 valence electrons. The molecule has 19 heavy (non-hydrogen) atoms. The normalized spacial score (nSPS) is 12.1. The maximum atomic E-state index is 5.99. The van der Waals surface area contributed by atoms with Crippen molar-refractivity contribution in [2.45, 2.75) is 45.6 Å². The van der Waals surface area contributed by atoms with Gasteiger partial charge in [0.2, 0.25) is 0 Å². The largest absolute Gasteiger partial charge is 0.489 e. The first-order chi connectivity index (χ1) is 9.27.